The summed E-state index contributed by atoms with van der Waals surface area (Å²) >= 11 is 0. The fraction of sp³-hybridized carbons (Fsp3) is 0.412. The van der Waals surface area contributed by atoms with Gasteiger partial charge in [-0.05, 0) is 38.6 Å². The summed E-state index contributed by atoms with van der Waals surface area (Å²) in [4.78, 5) is 0. The highest BCUT2D eigenvalue weighted by Gasteiger charge is 2.09. The third-order valence-electron chi connectivity index (χ3n) is 3.15. The van der Waals surface area contributed by atoms with E-state index in [1.165, 1.54) is 0 Å². The molecule has 2 aromatic rings. The van der Waals surface area contributed by atoms with Crippen LogP contribution in [0.25, 0.3) is 0 Å². The molecule has 4 heteroatoms. The van der Waals surface area contributed by atoms with Gasteiger partial charge in [-0.2, -0.15) is 0 Å². The zero-order valence-corrected chi connectivity index (χ0v) is 12.9. The van der Waals surface area contributed by atoms with Gasteiger partial charge in [-0.25, -0.2) is 0 Å². The lowest BCUT2D eigenvalue weighted by molar-refractivity contribution is 0.267. The molecule has 114 valence electrons. The Morgan fingerprint density at radius 2 is 1.81 bits per heavy atom. The smallest absolute Gasteiger partial charge is 0.161 e. The highest BCUT2D eigenvalue weighted by atomic mass is 16.5. The third kappa shape index (κ3) is 4.26. The quantitative estimate of drug-likeness (QED) is 0.805. The minimum Gasteiger partial charge on any atom is -0.490 e. The van der Waals surface area contributed by atoms with E-state index in [4.69, 9.17) is 13.9 Å². The van der Waals surface area contributed by atoms with Gasteiger partial charge in [0.05, 0.1) is 13.2 Å². The van der Waals surface area contributed by atoms with Gasteiger partial charge >= 0.3 is 0 Å². The summed E-state index contributed by atoms with van der Waals surface area (Å²) in [6.07, 6.45) is 0. The molecule has 0 saturated carbocycles. The van der Waals surface area contributed by atoms with Crippen molar-refractivity contribution in [3.63, 3.8) is 0 Å². The number of ether oxygens (including phenoxy) is 2. The van der Waals surface area contributed by atoms with Gasteiger partial charge in [-0.15, -0.1) is 0 Å². The minimum atomic E-state index is 0.478. The molecule has 0 aliphatic rings. The fourth-order valence-electron chi connectivity index (χ4n) is 2.07. The van der Waals surface area contributed by atoms with Gasteiger partial charge in [0.1, 0.15) is 18.1 Å². The zero-order valence-electron chi connectivity index (χ0n) is 12.9. The van der Waals surface area contributed by atoms with Crippen molar-refractivity contribution in [2.45, 2.75) is 33.9 Å². The molecule has 0 aliphatic heterocycles. The molecule has 0 radical (unpaired) electrons. The molecule has 0 aliphatic carbocycles. The average Bonchev–Trinajstić information content (AvgIpc) is 2.85. The molecule has 0 bridgehead atoms. The highest BCUT2D eigenvalue weighted by Crippen LogP contribution is 2.28. The van der Waals surface area contributed by atoms with Crippen LogP contribution in [-0.4, -0.2) is 13.2 Å². The number of hydrogen-bond donors (Lipinski definition) is 1. The number of hydrogen-bond acceptors (Lipinski definition) is 4. The Bertz CT molecular complexity index is 563. The van der Waals surface area contributed by atoms with Crippen molar-refractivity contribution >= 4 is 0 Å². The summed E-state index contributed by atoms with van der Waals surface area (Å²) in [5.74, 6) is 3.37. The molecule has 2 rings (SSSR count). The van der Waals surface area contributed by atoms with E-state index in [2.05, 4.69) is 12.2 Å². The molecule has 0 atom stereocenters. The van der Waals surface area contributed by atoms with Gasteiger partial charge in [0.15, 0.2) is 11.5 Å². The fourth-order valence-corrected chi connectivity index (χ4v) is 2.07. The SMILES string of the molecule is CCNCc1cc(COc2ccccc2OCC)c(C)o1. The average molecular weight is 289 g/mol. The minimum absolute atomic E-state index is 0.478. The summed E-state index contributed by atoms with van der Waals surface area (Å²) in [6, 6.07) is 9.76. The lowest BCUT2D eigenvalue weighted by Gasteiger charge is -2.11. The molecule has 1 aromatic heterocycles. The van der Waals surface area contributed by atoms with Crippen molar-refractivity contribution in [2.75, 3.05) is 13.2 Å². The molecule has 0 fully saturated rings. The van der Waals surface area contributed by atoms with E-state index < -0.39 is 0 Å². The van der Waals surface area contributed by atoms with Crippen LogP contribution in [0, 0.1) is 6.92 Å². The van der Waals surface area contributed by atoms with Gasteiger partial charge in [-0.1, -0.05) is 19.1 Å². The second kappa shape index (κ2) is 7.74. The Hall–Kier alpha value is -1.94. The van der Waals surface area contributed by atoms with E-state index in [-0.39, 0.29) is 0 Å². The molecule has 0 spiro atoms. The number of benzene rings is 1. The summed E-state index contributed by atoms with van der Waals surface area (Å²) in [5.41, 5.74) is 1.06. The molecule has 4 nitrogen and oxygen atoms in total. The molecule has 0 amide bonds. The van der Waals surface area contributed by atoms with Crippen LogP contribution in [0.4, 0.5) is 0 Å². The molecule has 1 N–H and O–H groups in total. The predicted octanol–water partition coefficient (Wildman–Crippen LogP) is 3.68. The second-order valence-electron chi connectivity index (χ2n) is 4.74. The van der Waals surface area contributed by atoms with Crippen molar-refractivity contribution in [1.29, 1.82) is 0 Å². The van der Waals surface area contributed by atoms with Crippen LogP contribution in [0.5, 0.6) is 11.5 Å². The topological polar surface area (TPSA) is 43.6 Å². The molecule has 1 aromatic carbocycles. The first-order valence-electron chi connectivity index (χ1n) is 7.38. The van der Waals surface area contributed by atoms with E-state index in [0.29, 0.717) is 13.2 Å². The Morgan fingerprint density at radius 1 is 1.10 bits per heavy atom. The summed E-state index contributed by atoms with van der Waals surface area (Å²) in [6.45, 7) is 8.76. The van der Waals surface area contributed by atoms with E-state index in [1.807, 2.05) is 44.2 Å². The molecule has 21 heavy (non-hydrogen) atoms. The van der Waals surface area contributed by atoms with E-state index in [0.717, 1.165) is 41.7 Å². The van der Waals surface area contributed by atoms with Gasteiger partial charge in [0.25, 0.3) is 0 Å². The van der Waals surface area contributed by atoms with Crippen molar-refractivity contribution < 1.29 is 13.9 Å². The number of para-hydroxylation sites is 2. The number of rotatable bonds is 8. The molecular weight excluding hydrogens is 266 g/mol. The molecular formula is C17H23NO3. The Kier molecular flexibility index (Phi) is 5.69. The summed E-state index contributed by atoms with van der Waals surface area (Å²) < 4.78 is 17.1. The summed E-state index contributed by atoms with van der Waals surface area (Å²) in [5, 5.41) is 3.25. The molecule has 0 unspecified atom stereocenters. The van der Waals surface area contributed by atoms with Crippen LogP contribution in [0.2, 0.25) is 0 Å². The van der Waals surface area contributed by atoms with Crippen molar-refractivity contribution in [3.8, 4) is 11.5 Å². The van der Waals surface area contributed by atoms with Gasteiger partial charge in [-0.3, -0.25) is 0 Å². The number of furan rings is 1. The predicted molar refractivity (Wildman–Crippen MR) is 82.8 cm³/mol. The first-order valence-corrected chi connectivity index (χ1v) is 7.38. The Balaban J connectivity index is 2.01. The maximum absolute atomic E-state index is 5.87. The largest absolute Gasteiger partial charge is 0.490 e. The molecule has 1 heterocycles. The van der Waals surface area contributed by atoms with Crippen LogP contribution in [0.3, 0.4) is 0 Å². The lowest BCUT2D eigenvalue weighted by atomic mass is 10.2. The highest BCUT2D eigenvalue weighted by molar-refractivity contribution is 5.39. The lowest BCUT2D eigenvalue weighted by Crippen LogP contribution is -2.10. The van der Waals surface area contributed by atoms with Crippen LogP contribution in [-0.2, 0) is 13.2 Å². The van der Waals surface area contributed by atoms with Gasteiger partial charge < -0.3 is 19.2 Å². The Morgan fingerprint density at radius 3 is 2.48 bits per heavy atom. The standard InChI is InChI=1S/C17H23NO3/c1-4-18-11-15-10-14(13(3)21-15)12-20-17-9-7-6-8-16(17)19-5-2/h6-10,18H,4-5,11-12H2,1-3H3. The maximum atomic E-state index is 5.87. The maximum Gasteiger partial charge on any atom is 0.161 e. The van der Waals surface area contributed by atoms with Crippen molar-refractivity contribution in [3.05, 3.63) is 47.4 Å². The van der Waals surface area contributed by atoms with Crippen molar-refractivity contribution in [1.82, 2.24) is 5.32 Å². The number of nitrogens with one attached hydrogen (secondary N) is 1. The van der Waals surface area contributed by atoms with E-state index in [1.54, 1.807) is 0 Å². The second-order valence-corrected chi connectivity index (χ2v) is 4.74. The van der Waals surface area contributed by atoms with Crippen LogP contribution >= 0.6 is 0 Å². The summed E-state index contributed by atoms with van der Waals surface area (Å²) in [7, 11) is 0. The van der Waals surface area contributed by atoms with E-state index >= 15 is 0 Å². The number of aryl methyl sites for hydroxylation is 1. The van der Waals surface area contributed by atoms with Crippen LogP contribution in [0.15, 0.2) is 34.7 Å². The van der Waals surface area contributed by atoms with Gasteiger partial charge in [0.2, 0.25) is 0 Å². The molecule has 0 saturated heterocycles. The monoisotopic (exact) mass is 289 g/mol. The Labute approximate surface area is 126 Å². The first kappa shape index (κ1) is 15.4. The third-order valence-corrected chi connectivity index (χ3v) is 3.15. The van der Waals surface area contributed by atoms with Crippen LogP contribution < -0.4 is 14.8 Å². The zero-order chi connectivity index (χ0) is 15.1. The first-order chi connectivity index (χ1) is 10.2. The van der Waals surface area contributed by atoms with E-state index in [9.17, 15) is 0 Å². The van der Waals surface area contributed by atoms with Crippen molar-refractivity contribution in [2.24, 2.45) is 0 Å². The normalized spacial score (nSPS) is 10.6. The van der Waals surface area contributed by atoms with Crippen LogP contribution in [0.1, 0.15) is 30.9 Å². The van der Waals surface area contributed by atoms with Gasteiger partial charge in [0, 0.05) is 5.56 Å².